The van der Waals surface area contributed by atoms with E-state index in [-0.39, 0.29) is 36.3 Å². The van der Waals surface area contributed by atoms with Gasteiger partial charge in [0, 0.05) is 12.6 Å². The first-order valence-electron chi connectivity index (χ1n) is 10.4. The molecule has 0 N–H and O–H groups in total. The van der Waals surface area contributed by atoms with E-state index in [2.05, 4.69) is 0 Å². The summed E-state index contributed by atoms with van der Waals surface area (Å²) in [5.74, 6) is -0.476. The van der Waals surface area contributed by atoms with Gasteiger partial charge in [-0.25, -0.2) is 4.39 Å². The number of methoxy groups -OCH3 is 1. The van der Waals surface area contributed by atoms with Gasteiger partial charge in [0.05, 0.1) is 13.7 Å². The third-order valence-electron chi connectivity index (χ3n) is 6.03. The molecule has 1 unspecified atom stereocenters. The summed E-state index contributed by atoms with van der Waals surface area (Å²) in [6.45, 7) is 1.46. The Morgan fingerprint density at radius 3 is 2.43 bits per heavy atom. The van der Waals surface area contributed by atoms with Crippen molar-refractivity contribution in [3.8, 4) is 0 Å². The SMILES string of the molecule is COC(=O)C1CCCCN1CC(=O)N(Cc1ccc(F)cc1)C1CCCCC1. The highest BCUT2D eigenvalue weighted by Crippen LogP contribution is 2.25. The molecule has 154 valence electrons. The van der Waals surface area contributed by atoms with E-state index in [4.69, 9.17) is 4.74 Å². The van der Waals surface area contributed by atoms with Gasteiger partial charge in [-0.1, -0.05) is 37.8 Å². The lowest BCUT2D eigenvalue weighted by atomic mass is 9.93. The number of carbonyl (C=O) groups excluding carboxylic acids is 2. The van der Waals surface area contributed by atoms with Crippen molar-refractivity contribution in [2.75, 3.05) is 20.2 Å². The standard InChI is InChI=1S/C22H31FN2O3/c1-28-22(27)20-9-5-6-14-24(20)16-21(26)25(19-7-3-2-4-8-19)15-17-10-12-18(23)13-11-17/h10-13,19-20H,2-9,14-16H2,1H3. The fourth-order valence-corrected chi connectivity index (χ4v) is 4.45. The summed E-state index contributed by atoms with van der Waals surface area (Å²) in [5.41, 5.74) is 0.934. The fraction of sp³-hybridized carbons (Fsp3) is 0.636. The number of amides is 1. The number of nitrogens with zero attached hydrogens (tertiary/aromatic N) is 2. The van der Waals surface area contributed by atoms with E-state index in [0.717, 1.165) is 57.1 Å². The minimum absolute atomic E-state index is 0.0482. The lowest BCUT2D eigenvalue weighted by molar-refractivity contribution is -0.150. The summed E-state index contributed by atoms with van der Waals surface area (Å²) in [5, 5.41) is 0. The van der Waals surface area contributed by atoms with Crippen LogP contribution in [0.3, 0.4) is 0 Å². The lowest BCUT2D eigenvalue weighted by Gasteiger charge is -2.38. The van der Waals surface area contributed by atoms with E-state index in [1.54, 1.807) is 12.1 Å². The maximum absolute atomic E-state index is 13.3. The Bertz CT molecular complexity index is 658. The van der Waals surface area contributed by atoms with Crippen LogP contribution < -0.4 is 0 Å². The zero-order valence-electron chi connectivity index (χ0n) is 16.7. The van der Waals surface area contributed by atoms with Gasteiger partial charge < -0.3 is 9.64 Å². The molecule has 3 rings (SSSR count). The van der Waals surface area contributed by atoms with Gasteiger partial charge in [0.2, 0.25) is 5.91 Å². The van der Waals surface area contributed by atoms with E-state index in [1.165, 1.54) is 25.7 Å². The molecule has 1 saturated heterocycles. The maximum atomic E-state index is 13.3. The molecule has 2 fully saturated rings. The summed E-state index contributed by atoms with van der Waals surface area (Å²) in [7, 11) is 1.40. The van der Waals surface area contributed by atoms with Crippen molar-refractivity contribution in [2.45, 2.75) is 70.0 Å². The molecule has 1 aromatic rings. The van der Waals surface area contributed by atoms with Gasteiger partial charge in [0.25, 0.3) is 0 Å². The molecule has 1 aliphatic carbocycles. The molecular weight excluding hydrogens is 359 g/mol. The summed E-state index contributed by atoms with van der Waals surface area (Å²) >= 11 is 0. The number of rotatable bonds is 6. The summed E-state index contributed by atoms with van der Waals surface area (Å²) in [6, 6.07) is 6.26. The second-order valence-electron chi connectivity index (χ2n) is 7.95. The van der Waals surface area contributed by atoms with Gasteiger partial charge in [-0.3, -0.25) is 14.5 Å². The third-order valence-corrected chi connectivity index (χ3v) is 6.03. The van der Waals surface area contributed by atoms with Crippen LogP contribution in [-0.2, 0) is 20.9 Å². The molecule has 28 heavy (non-hydrogen) atoms. The predicted molar refractivity (Wildman–Crippen MR) is 105 cm³/mol. The molecule has 1 amide bonds. The average molecular weight is 390 g/mol. The maximum Gasteiger partial charge on any atom is 0.323 e. The molecule has 5 nitrogen and oxygen atoms in total. The van der Waals surface area contributed by atoms with Gasteiger partial charge in [-0.05, 0) is 49.9 Å². The molecule has 1 aromatic carbocycles. The highest BCUT2D eigenvalue weighted by molar-refractivity contribution is 5.81. The quantitative estimate of drug-likeness (QED) is 0.698. The van der Waals surface area contributed by atoms with Crippen LogP contribution in [0, 0.1) is 5.82 Å². The molecule has 2 aliphatic rings. The van der Waals surface area contributed by atoms with Crippen molar-refractivity contribution < 1.29 is 18.7 Å². The van der Waals surface area contributed by atoms with Crippen molar-refractivity contribution in [1.29, 1.82) is 0 Å². The van der Waals surface area contributed by atoms with Crippen LogP contribution in [0.25, 0.3) is 0 Å². The van der Waals surface area contributed by atoms with E-state index in [0.29, 0.717) is 6.54 Å². The molecule has 6 heteroatoms. The number of hydrogen-bond donors (Lipinski definition) is 0. The number of ether oxygens (including phenoxy) is 1. The molecule has 0 aromatic heterocycles. The molecule has 1 aliphatic heterocycles. The molecule has 1 saturated carbocycles. The first-order valence-corrected chi connectivity index (χ1v) is 10.4. The first-order chi connectivity index (χ1) is 13.6. The van der Waals surface area contributed by atoms with Gasteiger partial charge in [-0.15, -0.1) is 0 Å². The second-order valence-corrected chi connectivity index (χ2v) is 7.95. The Hall–Kier alpha value is -1.95. The molecule has 0 bridgehead atoms. The number of likely N-dealkylation sites (tertiary alicyclic amines) is 1. The number of carbonyl (C=O) groups is 2. The number of halogens is 1. The Kier molecular flexibility index (Phi) is 7.43. The topological polar surface area (TPSA) is 49.9 Å². The largest absolute Gasteiger partial charge is 0.468 e. The molecule has 0 radical (unpaired) electrons. The molecule has 1 heterocycles. The van der Waals surface area contributed by atoms with E-state index < -0.39 is 0 Å². The Labute approximate surface area is 166 Å². The van der Waals surface area contributed by atoms with Crippen LogP contribution in [0.5, 0.6) is 0 Å². The number of benzene rings is 1. The zero-order chi connectivity index (χ0) is 19.9. The Morgan fingerprint density at radius 2 is 1.75 bits per heavy atom. The fourth-order valence-electron chi connectivity index (χ4n) is 4.45. The number of piperidine rings is 1. The van der Waals surface area contributed by atoms with Crippen LogP contribution in [0.2, 0.25) is 0 Å². The smallest absolute Gasteiger partial charge is 0.323 e. The van der Waals surface area contributed by atoms with Crippen molar-refractivity contribution in [3.63, 3.8) is 0 Å². The Morgan fingerprint density at radius 1 is 1.07 bits per heavy atom. The first kappa shape index (κ1) is 20.8. The highest BCUT2D eigenvalue weighted by atomic mass is 19.1. The van der Waals surface area contributed by atoms with Crippen LogP contribution >= 0.6 is 0 Å². The Balaban J connectivity index is 1.73. The summed E-state index contributed by atoms with van der Waals surface area (Å²) in [4.78, 5) is 29.3. The zero-order valence-corrected chi connectivity index (χ0v) is 16.7. The highest BCUT2D eigenvalue weighted by Gasteiger charge is 2.33. The minimum Gasteiger partial charge on any atom is -0.468 e. The number of esters is 1. The monoisotopic (exact) mass is 390 g/mol. The lowest BCUT2D eigenvalue weighted by Crippen LogP contribution is -2.52. The average Bonchev–Trinajstić information content (AvgIpc) is 2.73. The van der Waals surface area contributed by atoms with Gasteiger partial charge in [-0.2, -0.15) is 0 Å². The van der Waals surface area contributed by atoms with Crippen molar-refractivity contribution in [3.05, 3.63) is 35.6 Å². The molecule has 1 atom stereocenters. The molecular formula is C22H31FN2O3. The molecule has 0 spiro atoms. The van der Waals surface area contributed by atoms with Gasteiger partial charge >= 0.3 is 5.97 Å². The van der Waals surface area contributed by atoms with Crippen LogP contribution in [0.15, 0.2) is 24.3 Å². The number of hydrogen-bond acceptors (Lipinski definition) is 4. The third kappa shape index (κ3) is 5.31. The summed E-state index contributed by atoms with van der Waals surface area (Å²) in [6.07, 6.45) is 8.20. The van der Waals surface area contributed by atoms with Gasteiger partial charge in [0.1, 0.15) is 11.9 Å². The van der Waals surface area contributed by atoms with Crippen molar-refractivity contribution in [2.24, 2.45) is 0 Å². The normalized spacial score (nSPS) is 21.3. The minimum atomic E-state index is -0.332. The van der Waals surface area contributed by atoms with Crippen LogP contribution in [-0.4, -0.2) is 54.0 Å². The van der Waals surface area contributed by atoms with Crippen molar-refractivity contribution in [1.82, 2.24) is 9.80 Å². The van der Waals surface area contributed by atoms with Gasteiger partial charge in [0.15, 0.2) is 0 Å². The second kappa shape index (κ2) is 10.0. The van der Waals surface area contributed by atoms with E-state index in [9.17, 15) is 14.0 Å². The predicted octanol–water partition coefficient (Wildman–Crippen LogP) is 3.51. The van der Waals surface area contributed by atoms with Crippen molar-refractivity contribution >= 4 is 11.9 Å². The summed E-state index contributed by atoms with van der Waals surface area (Å²) < 4.78 is 18.2. The van der Waals surface area contributed by atoms with E-state index in [1.807, 2.05) is 9.80 Å². The van der Waals surface area contributed by atoms with Crippen LogP contribution in [0.4, 0.5) is 4.39 Å². The van der Waals surface area contributed by atoms with E-state index >= 15 is 0 Å². The van der Waals surface area contributed by atoms with Crippen LogP contribution in [0.1, 0.15) is 56.9 Å².